The van der Waals surface area contributed by atoms with Gasteiger partial charge in [-0.05, 0) is 42.8 Å². The summed E-state index contributed by atoms with van der Waals surface area (Å²) in [5.74, 6) is 1.06. The molecule has 0 aliphatic heterocycles. The predicted octanol–water partition coefficient (Wildman–Crippen LogP) is 3.50. The van der Waals surface area contributed by atoms with Gasteiger partial charge in [-0.2, -0.15) is 0 Å². The molecule has 0 bridgehead atoms. The highest BCUT2D eigenvalue weighted by Gasteiger charge is 2.12. The molecule has 2 aromatic rings. The van der Waals surface area contributed by atoms with Crippen LogP contribution >= 0.6 is 0 Å². The number of carbonyl (C=O) groups excluding carboxylic acids is 2. The fourth-order valence-electron chi connectivity index (χ4n) is 2.17. The van der Waals surface area contributed by atoms with Crippen molar-refractivity contribution < 1.29 is 19.1 Å². The van der Waals surface area contributed by atoms with Gasteiger partial charge < -0.3 is 14.4 Å². The van der Waals surface area contributed by atoms with Crippen LogP contribution in [-0.2, 0) is 9.53 Å². The second-order valence-electron chi connectivity index (χ2n) is 5.35. The smallest absolute Gasteiger partial charge is 0.305 e. The minimum atomic E-state index is -0.265. The number of ether oxygens (including phenoxy) is 2. The zero-order valence-electron chi connectivity index (χ0n) is 13.9. The largest absolute Gasteiger partial charge is 0.469 e. The molecule has 0 fully saturated rings. The molecular formula is C19H21NO4. The highest BCUT2D eigenvalue weighted by molar-refractivity contribution is 5.94. The van der Waals surface area contributed by atoms with E-state index >= 15 is 0 Å². The molecule has 5 heteroatoms. The molecule has 2 aromatic carbocycles. The lowest BCUT2D eigenvalue weighted by atomic mass is 10.2. The number of hydrogen-bond donors (Lipinski definition) is 0. The Balaban J connectivity index is 1.89. The van der Waals surface area contributed by atoms with Gasteiger partial charge in [0.15, 0.2) is 0 Å². The summed E-state index contributed by atoms with van der Waals surface area (Å²) in [7, 11) is 3.07. The summed E-state index contributed by atoms with van der Waals surface area (Å²) < 4.78 is 10.3. The van der Waals surface area contributed by atoms with E-state index in [0.717, 1.165) is 5.75 Å². The summed E-state index contributed by atoms with van der Waals surface area (Å²) in [4.78, 5) is 25.0. The summed E-state index contributed by atoms with van der Waals surface area (Å²) >= 11 is 0. The molecule has 0 heterocycles. The summed E-state index contributed by atoms with van der Waals surface area (Å²) in [6.07, 6.45) is 0.877. The predicted molar refractivity (Wildman–Crippen MR) is 91.2 cm³/mol. The molecule has 0 spiro atoms. The molecule has 0 aliphatic carbocycles. The highest BCUT2D eigenvalue weighted by atomic mass is 16.5. The van der Waals surface area contributed by atoms with Gasteiger partial charge in [0.05, 0.1) is 7.11 Å². The van der Waals surface area contributed by atoms with Crippen LogP contribution in [0, 0.1) is 0 Å². The molecule has 5 nitrogen and oxygen atoms in total. The van der Waals surface area contributed by atoms with Gasteiger partial charge in [0.1, 0.15) is 11.5 Å². The third-order valence-corrected chi connectivity index (χ3v) is 3.53. The van der Waals surface area contributed by atoms with E-state index in [1.165, 1.54) is 7.11 Å². The number of esters is 1. The minimum absolute atomic E-state index is 0.0915. The Morgan fingerprint density at radius 2 is 1.58 bits per heavy atom. The molecular weight excluding hydrogens is 306 g/mol. The van der Waals surface area contributed by atoms with Crippen molar-refractivity contribution in [3.8, 4) is 11.5 Å². The lowest BCUT2D eigenvalue weighted by molar-refractivity contribution is -0.140. The number of hydrogen-bond acceptors (Lipinski definition) is 4. The Kier molecular flexibility index (Phi) is 6.37. The van der Waals surface area contributed by atoms with Crippen molar-refractivity contribution in [3.05, 3.63) is 60.2 Å². The van der Waals surface area contributed by atoms with Crippen molar-refractivity contribution in [1.82, 2.24) is 4.90 Å². The first-order valence-corrected chi connectivity index (χ1v) is 7.75. The third kappa shape index (κ3) is 5.12. The number of carbonyl (C=O) groups is 2. The van der Waals surface area contributed by atoms with Crippen molar-refractivity contribution in [2.75, 3.05) is 20.7 Å². The van der Waals surface area contributed by atoms with Crippen LogP contribution in [0.4, 0.5) is 0 Å². The van der Waals surface area contributed by atoms with Crippen LogP contribution in [0.25, 0.3) is 0 Å². The molecule has 0 N–H and O–H groups in total. The number of nitrogens with zero attached hydrogens (tertiary/aromatic N) is 1. The van der Waals surface area contributed by atoms with Gasteiger partial charge in [-0.3, -0.25) is 9.59 Å². The summed E-state index contributed by atoms with van der Waals surface area (Å²) in [6, 6.07) is 16.5. The summed E-state index contributed by atoms with van der Waals surface area (Å²) in [6.45, 7) is 0.496. The van der Waals surface area contributed by atoms with Gasteiger partial charge in [0, 0.05) is 25.6 Å². The van der Waals surface area contributed by atoms with Gasteiger partial charge in [0.2, 0.25) is 0 Å². The first kappa shape index (κ1) is 17.5. The van der Waals surface area contributed by atoms with E-state index in [-0.39, 0.29) is 11.9 Å². The van der Waals surface area contributed by atoms with Crippen LogP contribution in [0.1, 0.15) is 23.2 Å². The van der Waals surface area contributed by atoms with Gasteiger partial charge in [-0.15, -0.1) is 0 Å². The maximum absolute atomic E-state index is 12.3. The van der Waals surface area contributed by atoms with Gasteiger partial charge in [-0.1, -0.05) is 18.2 Å². The third-order valence-electron chi connectivity index (χ3n) is 3.53. The molecule has 0 unspecified atom stereocenters. The van der Waals surface area contributed by atoms with Crippen LogP contribution in [0.5, 0.6) is 11.5 Å². The van der Waals surface area contributed by atoms with Crippen molar-refractivity contribution in [2.45, 2.75) is 12.8 Å². The highest BCUT2D eigenvalue weighted by Crippen LogP contribution is 2.21. The zero-order valence-corrected chi connectivity index (χ0v) is 13.9. The molecule has 0 aliphatic rings. The SMILES string of the molecule is COC(=O)CCCN(C)C(=O)c1ccc(Oc2ccccc2)cc1. The molecule has 0 atom stereocenters. The van der Waals surface area contributed by atoms with E-state index in [1.54, 1.807) is 36.2 Å². The number of para-hydroxylation sites is 1. The van der Waals surface area contributed by atoms with Crippen LogP contribution in [0.15, 0.2) is 54.6 Å². The standard InChI is InChI=1S/C19H21NO4/c1-20(14-6-9-18(21)23-2)19(22)15-10-12-17(13-11-15)24-16-7-4-3-5-8-16/h3-5,7-8,10-13H,6,9,14H2,1-2H3. The topological polar surface area (TPSA) is 55.8 Å². The molecule has 0 radical (unpaired) electrons. The van der Waals surface area contributed by atoms with E-state index in [0.29, 0.717) is 30.7 Å². The minimum Gasteiger partial charge on any atom is -0.469 e. The lowest BCUT2D eigenvalue weighted by Gasteiger charge is -2.17. The Morgan fingerprint density at radius 1 is 0.958 bits per heavy atom. The zero-order chi connectivity index (χ0) is 17.4. The maximum atomic E-state index is 12.3. The summed E-state index contributed by atoms with van der Waals surface area (Å²) in [5, 5.41) is 0. The average Bonchev–Trinajstić information content (AvgIpc) is 2.62. The van der Waals surface area contributed by atoms with E-state index in [9.17, 15) is 9.59 Å². The van der Waals surface area contributed by atoms with Crippen molar-refractivity contribution in [1.29, 1.82) is 0 Å². The normalized spacial score (nSPS) is 10.1. The second kappa shape index (κ2) is 8.72. The Labute approximate surface area is 141 Å². The van der Waals surface area contributed by atoms with E-state index in [4.69, 9.17) is 4.74 Å². The van der Waals surface area contributed by atoms with Crippen molar-refractivity contribution >= 4 is 11.9 Å². The molecule has 126 valence electrons. The van der Waals surface area contributed by atoms with Gasteiger partial charge in [0.25, 0.3) is 5.91 Å². The number of amides is 1. The molecule has 1 amide bonds. The Hall–Kier alpha value is -2.82. The van der Waals surface area contributed by atoms with Gasteiger partial charge >= 0.3 is 5.97 Å². The first-order valence-electron chi connectivity index (χ1n) is 7.75. The monoisotopic (exact) mass is 327 g/mol. The second-order valence-corrected chi connectivity index (χ2v) is 5.35. The van der Waals surface area contributed by atoms with Crippen molar-refractivity contribution in [2.24, 2.45) is 0 Å². The molecule has 0 aromatic heterocycles. The van der Waals surface area contributed by atoms with E-state index in [2.05, 4.69) is 4.74 Å². The van der Waals surface area contributed by atoms with Crippen LogP contribution in [0.2, 0.25) is 0 Å². The average molecular weight is 327 g/mol. The number of rotatable bonds is 7. The maximum Gasteiger partial charge on any atom is 0.305 e. The fraction of sp³-hybridized carbons (Fsp3) is 0.263. The molecule has 2 rings (SSSR count). The molecule has 0 saturated carbocycles. The Morgan fingerprint density at radius 3 is 2.21 bits per heavy atom. The Bertz CT molecular complexity index is 668. The van der Waals surface area contributed by atoms with Gasteiger partial charge in [-0.25, -0.2) is 0 Å². The number of methoxy groups -OCH3 is 1. The van der Waals surface area contributed by atoms with Crippen LogP contribution < -0.4 is 4.74 Å². The van der Waals surface area contributed by atoms with E-state index in [1.807, 2.05) is 30.3 Å². The summed E-state index contributed by atoms with van der Waals surface area (Å²) in [5.41, 5.74) is 0.580. The lowest BCUT2D eigenvalue weighted by Crippen LogP contribution is -2.28. The molecule has 24 heavy (non-hydrogen) atoms. The van der Waals surface area contributed by atoms with Crippen LogP contribution in [-0.4, -0.2) is 37.5 Å². The number of benzene rings is 2. The van der Waals surface area contributed by atoms with Crippen LogP contribution in [0.3, 0.4) is 0 Å². The quantitative estimate of drug-likeness (QED) is 0.730. The molecule has 0 saturated heterocycles. The first-order chi connectivity index (χ1) is 11.6. The fourth-order valence-corrected chi connectivity index (χ4v) is 2.17. The van der Waals surface area contributed by atoms with E-state index < -0.39 is 0 Å². The van der Waals surface area contributed by atoms with Crippen molar-refractivity contribution in [3.63, 3.8) is 0 Å².